The summed E-state index contributed by atoms with van der Waals surface area (Å²) in [4.78, 5) is 0. The second-order valence-electron chi connectivity index (χ2n) is 3.97. The van der Waals surface area contributed by atoms with E-state index in [1.54, 1.807) is 13.2 Å². The van der Waals surface area contributed by atoms with Gasteiger partial charge in [0.25, 0.3) is 0 Å². The predicted molar refractivity (Wildman–Crippen MR) is 83.8 cm³/mol. The fourth-order valence-electron chi connectivity index (χ4n) is 1.64. The van der Waals surface area contributed by atoms with Crippen molar-refractivity contribution in [2.45, 2.75) is 6.54 Å². The zero-order chi connectivity index (χ0) is 13.8. The Morgan fingerprint density at radius 1 is 1.16 bits per heavy atom. The molecule has 0 aromatic heterocycles. The molecule has 0 bridgehead atoms. The molecule has 3 nitrogen and oxygen atoms in total. The van der Waals surface area contributed by atoms with Crippen molar-refractivity contribution in [3.05, 3.63) is 50.9 Å². The average molecular weight is 387 g/mol. The summed E-state index contributed by atoms with van der Waals surface area (Å²) in [5, 5.41) is 13.2. The third kappa shape index (κ3) is 3.64. The largest absolute Gasteiger partial charge is 0.507 e. The van der Waals surface area contributed by atoms with Crippen LogP contribution in [0.25, 0.3) is 0 Å². The molecule has 0 fully saturated rings. The Kier molecular flexibility index (Phi) is 4.71. The molecule has 5 heteroatoms. The summed E-state index contributed by atoms with van der Waals surface area (Å²) in [7, 11) is 1.57. The van der Waals surface area contributed by atoms with Crippen molar-refractivity contribution < 1.29 is 9.84 Å². The van der Waals surface area contributed by atoms with Gasteiger partial charge in [0.15, 0.2) is 0 Å². The smallest absolute Gasteiger partial charge is 0.124 e. The van der Waals surface area contributed by atoms with Gasteiger partial charge in [-0.25, -0.2) is 0 Å². The van der Waals surface area contributed by atoms with Crippen molar-refractivity contribution in [2.75, 3.05) is 12.4 Å². The van der Waals surface area contributed by atoms with Crippen molar-refractivity contribution in [3.8, 4) is 11.5 Å². The molecule has 0 aliphatic carbocycles. The van der Waals surface area contributed by atoms with Crippen LogP contribution in [-0.4, -0.2) is 12.2 Å². The van der Waals surface area contributed by atoms with Gasteiger partial charge in [-0.05, 0) is 46.3 Å². The van der Waals surface area contributed by atoms with Gasteiger partial charge < -0.3 is 15.2 Å². The highest BCUT2D eigenvalue weighted by Gasteiger charge is 2.05. The first-order valence-corrected chi connectivity index (χ1v) is 7.23. The van der Waals surface area contributed by atoms with E-state index in [2.05, 4.69) is 37.2 Å². The molecule has 0 saturated carbocycles. The monoisotopic (exact) mass is 385 g/mol. The summed E-state index contributed by atoms with van der Waals surface area (Å²) in [6.07, 6.45) is 0. The van der Waals surface area contributed by atoms with Crippen LogP contribution in [0.2, 0.25) is 0 Å². The molecule has 0 unspecified atom stereocenters. The number of rotatable bonds is 4. The van der Waals surface area contributed by atoms with Crippen LogP contribution in [0, 0.1) is 0 Å². The van der Waals surface area contributed by atoms with Crippen LogP contribution in [0.1, 0.15) is 5.56 Å². The van der Waals surface area contributed by atoms with Crippen LogP contribution in [0.3, 0.4) is 0 Å². The molecule has 0 atom stereocenters. The molecule has 0 spiro atoms. The zero-order valence-corrected chi connectivity index (χ0v) is 13.5. The summed E-state index contributed by atoms with van der Waals surface area (Å²) >= 11 is 6.91. The second kappa shape index (κ2) is 6.30. The fraction of sp³-hybridized carbons (Fsp3) is 0.143. The minimum Gasteiger partial charge on any atom is -0.507 e. The van der Waals surface area contributed by atoms with Crippen LogP contribution in [0.4, 0.5) is 5.69 Å². The minimum atomic E-state index is 0.220. The lowest BCUT2D eigenvalue weighted by Crippen LogP contribution is -2.00. The molecule has 0 amide bonds. The molecular formula is C14H13Br2NO2. The van der Waals surface area contributed by atoms with E-state index < -0.39 is 0 Å². The predicted octanol–water partition coefficient (Wildman–Crippen LogP) is 4.54. The molecule has 0 saturated heterocycles. The highest BCUT2D eigenvalue weighted by Crippen LogP contribution is 2.28. The van der Waals surface area contributed by atoms with Crippen LogP contribution in [-0.2, 0) is 6.54 Å². The summed E-state index contributed by atoms with van der Waals surface area (Å²) in [6, 6.07) is 11.2. The number of ether oxygens (including phenoxy) is 1. The van der Waals surface area contributed by atoms with Gasteiger partial charge in [-0.1, -0.05) is 15.9 Å². The van der Waals surface area contributed by atoms with Crippen molar-refractivity contribution in [3.63, 3.8) is 0 Å². The summed E-state index contributed by atoms with van der Waals surface area (Å²) in [5.41, 5.74) is 1.78. The van der Waals surface area contributed by atoms with E-state index >= 15 is 0 Å². The number of anilines is 1. The quantitative estimate of drug-likeness (QED) is 0.810. The maximum atomic E-state index is 9.88. The highest BCUT2D eigenvalue weighted by molar-refractivity contribution is 9.11. The number of hydrogen-bond donors (Lipinski definition) is 2. The van der Waals surface area contributed by atoms with Gasteiger partial charge in [0, 0.05) is 32.8 Å². The third-order valence-electron chi connectivity index (χ3n) is 2.69. The van der Waals surface area contributed by atoms with Gasteiger partial charge in [-0.15, -0.1) is 0 Å². The Bertz CT molecular complexity index is 588. The van der Waals surface area contributed by atoms with Crippen molar-refractivity contribution in [2.24, 2.45) is 0 Å². The van der Waals surface area contributed by atoms with Crippen LogP contribution < -0.4 is 10.1 Å². The standard InChI is InChI=1S/C14H13Br2NO2/c1-19-11-4-2-9(14(18)7-11)8-17-13-6-10(15)3-5-12(13)16/h2-7,17-18H,8H2,1H3. The van der Waals surface area contributed by atoms with Gasteiger partial charge in [0.2, 0.25) is 0 Å². The molecule has 0 aliphatic heterocycles. The van der Waals surface area contributed by atoms with Crippen LogP contribution in [0.15, 0.2) is 45.3 Å². The molecular weight excluding hydrogens is 374 g/mol. The highest BCUT2D eigenvalue weighted by atomic mass is 79.9. The van der Waals surface area contributed by atoms with Gasteiger partial charge in [-0.3, -0.25) is 0 Å². The Labute approximate surface area is 128 Å². The average Bonchev–Trinajstić information content (AvgIpc) is 2.40. The Hall–Kier alpha value is -1.20. The SMILES string of the molecule is COc1ccc(CNc2cc(Br)ccc2Br)c(O)c1. The van der Waals surface area contributed by atoms with Crippen LogP contribution >= 0.6 is 31.9 Å². The molecule has 2 N–H and O–H groups in total. The number of hydrogen-bond acceptors (Lipinski definition) is 3. The molecule has 2 aromatic rings. The molecule has 0 aliphatic rings. The molecule has 19 heavy (non-hydrogen) atoms. The van der Waals surface area contributed by atoms with Gasteiger partial charge in [-0.2, -0.15) is 0 Å². The van der Waals surface area contributed by atoms with Crippen molar-refractivity contribution in [1.82, 2.24) is 0 Å². The number of halogens is 2. The second-order valence-corrected chi connectivity index (χ2v) is 5.74. The molecule has 2 rings (SSSR count). The number of phenolic OH excluding ortho intramolecular Hbond substituents is 1. The number of phenols is 1. The van der Waals surface area contributed by atoms with E-state index in [4.69, 9.17) is 4.74 Å². The van der Waals surface area contributed by atoms with Crippen molar-refractivity contribution in [1.29, 1.82) is 0 Å². The zero-order valence-electron chi connectivity index (χ0n) is 10.3. The summed E-state index contributed by atoms with van der Waals surface area (Å²) in [5.74, 6) is 0.864. The lowest BCUT2D eigenvalue weighted by Gasteiger charge is -2.11. The van der Waals surface area contributed by atoms with Gasteiger partial charge in [0.1, 0.15) is 11.5 Å². The van der Waals surface area contributed by atoms with E-state index in [0.29, 0.717) is 12.3 Å². The van der Waals surface area contributed by atoms with E-state index in [1.165, 1.54) is 0 Å². The maximum Gasteiger partial charge on any atom is 0.124 e. The van der Waals surface area contributed by atoms with Crippen molar-refractivity contribution >= 4 is 37.5 Å². The van der Waals surface area contributed by atoms with E-state index in [1.807, 2.05) is 30.3 Å². The third-order valence-corrected chi connectivity index (χ3v) is 3.87. The lowest BCUT2D eigenvalue weighted by atomic mass is 10.2. The Morgan fingerprint density at radius 3 is 2.63 bits per heavy atom. The fourth-order valence-corrected chi connectivity index (χ4v) is 2.39. The molecule has 0 radical (unpaired) electrons. The Morgan fingerprint density at radius 2 is 1.95 bits per heavy atom. The molecule has 100 valence electrons. The summed E-state index contributed by atoms with van der Waals surface area (Å²) < 4.78 is 7.03. The number of nitrogens with one attached hydrogen (secondary N) is 1. The first kappa shape index (κ1) is 14.2. The minimum absolute atomic E-state index is 0.220. The van der Waals surface area contributed by atoms with Crippen LogP contribution in [0.5, 0.6) is 11.5 Å². The number of aromatic hydroxyl groups is 1. The lowest BCUT2D eigenvalue weighted by molar-refractivity contribution is 0.406. The molecule has 0 heterocycles. The Balaban J connectivity index is 2.12. The van der Waals surface area contributed by atoms with E-state index in [-0.39, 0.29) is 5.75 Å². The number of methoxy groups -OCH3 is 1. The van der Waals surface area contributed by atoms with E-state index in [0.717, 1.165) is 20.2 Å². The van der Waals surface area contributed by atoms with E-state index in [9.17, 15) is 5.11 Å². The molecule has 2 aromatic carbocycles. The van der Waals surface area contributed by atoms with Gasteiger partial charge >= 0.3 is 0 Å². The topological polar surface area (TPSA) is 41.5 Å². The summed E-state index contributed by atoms with van der Waals surface area (Å²) in [6.45, 7) is 0.533. The van der Waals surface area contributed by atoms with Gasteiger partial charge in [0.05, 0.1) is 7.11 Å². The first-order valence-electron chi connectivity index (χ1n) is 5.65. The maximum absolute atomic E-state index is 9.88. The number of benzene rings is 2. The first-order chi connectivity index (χ1) is 9.10. The normalized spacial score (nSPS) is 10.3.